The molecular weight excluding hydrogens is 300 g/mol. The van der Waals surface area contributed by atoms with Crippen LogP contribution >= 0.6 is 0 Å². The van der Waals surface area contributed by atoms with Gasteiger partial charge in [-0.15, -0.1) is 0 Å². The SMILES string of the molecule is Cc1ccc(NC(=O)c2ccc(C(F)(F)F)nc2C)c(F)c1. The average molecular weight is 312 g/mol. The zero-order valence-electron chi connectivity index (χ0n) is 11.8. The molecule has 0 unspecified atom stereocenters. The van der Waals surface area contributed by atoms with E-state index < -0.39 is 23.6 Å². The molecule has 1 N–H and O–H groups in total. The molecule has 116 valence electrons. The molecule has 2 aromatic rings. The molecule has 3 nitrogen and oxygen atoms in total. The largest absolute Gasteiger partial charge is 0.433 e. The summed E-state index contributed by atoms with van der Waals surface area (Å²) in [6.45, 7) is 2.98. The van der Waals surface area contributed by atoms with Gasteiger partial charge in [0.05, 0.1) is 16.9 Å². The molecule has 7 heteroatoms. The van der Waals surface area contributed by atoms with Gasteiger partial charge in [-0.05, 0) is 43.7 Å². The number of anilines is 1. The Morgan fingerprint density at radius 2 is 1.82 bits per heavy atom. The summed E-state index contributed by atoms with van der Waals surface area (Å²) in [6, 6.07) is 5.97. The highest BCUT2D eigenvalue weighted by Gasteiger charge is 2.33. The van der Waals surface area contributed by atoms with Crippen molar-refractivity contribution in [1.29, 1.82) is 0 Å². The molecule has 0 aliphatic rings. The quantitative estimate of drug-likeness (QED) is 0.848. The summed E-state index contributed by atoms with van der Waals surface area (Å²) in [7, 11) is 0. The molecule has 0 bridgehead atoms. The number of carbonyl (C=O) groups is 1. The van der Waals surface area contributed by atoms with Crippen LogP contribution in [0.1, 0.15) is 27.3 Å². The smallest absolute Gasteiger partial charge is 0.319 e. The van der Waals surface area contributed by atoms with Crippen LogP contribution in [0.5, 0.6) is 0 Å². The summed E-state index contributed by atoms with van der Waals surface area (Å²) >= 11 is 0. The fourth-order valence-electron chi connectivity index (χ4n) is 1.87. The number of amides is 1. The highest BCUT2D eigenvalue weighted by atomic mass is 19.4. The van der Waals surface area contributed by atoms with Crippen molar-refractivity contribution in [2.24, 2.45) is 0 Å². The van der Waals surface area contributed by atoms with Crippen LogP contribution in [-0.4, -0.2) is 10.9 Å². The number of hydrogen-bond acceptors (Lipinski definition) is 2. The number of carbonyl (C=O) groups excluding carboxylic acids is 1. The number of aryl methyl sites for hydroxylation is 2. The summed E-state index contributed by atoms with van der Waals surface area (Å²) in [5, 5.41) is 2.32. The maximum atomic E-state index is 13.7. The van der Waals surface area contributed by atoms with E-state index in [2.05, 4.69) is 10.3 Å². The molecule has 22 heavy (non-hydrogen) atoms. The Morgan fingerprint density at radius 1 is 1.14 bits per heavy atom. The molecule has 1 aromatic carbocycles. The summed E-state index contributed by atoms with van der Waals surface area (Å²) in [5.41, 5.74) is -0.575. The fourth-order valence-corrected chi connectivity index (χ4v) is 1.87. The first-order valence-corrected chi connectivity index (χ1v) is 6.31. The van der Waals surface area contributed by atoms with E-state index in [1.165, 1.54) is 19.1 Å². The molecule has 0 radical (unpaired) electrons. The molecule has 0 fully saturated rings. The number of nitrogens with zero attached hydrogens (tertiary/aromatic N) is 1. The first-order chi connectivity index (χ1) is 10.2. The van der Waals surface area contributed by atoms with Crippen molar-refractivity contribution in [2.75, 3.05) is 5.32 Å². The van der Waals surface area contributed by atoms with Crippen molar-refractivity contribution in [2.45, 2.75) is 20.0 Å². The molecule has 0 aliphatic carbocycles. The van der Waals surface area contributed by atoms with Crippen molar-refractivity contribution in [3.05, 3.63) is 58.7 Å². The van der Waals surface area contributed by atoms with E-state index >= 15 is 0 Å². The molecular formula is C15H12F4N2O. The molecule has 1 aromatic heterocycles. The third-order valence-electron chi connectivity index (χ3n) is 2.99. The second-order valence-electron chi connectivity index (χ2n) is 4.76. The second kappa shape index (κ2) is 5.75. The molecule has 0 spiro atoms. The van der Waals surface area contributed by atoms with Crippen molar-refractivity contribution in [1.82, 2.24) is 4.98 Å². The van der Waals surface area contributed by atoms with Gasteiger partial charge in [0.1, 0.15) is 11.5 Å². The van der Waals surface area contributed by atoms with Gasteiger partial charge in [0.15, 0.2) is 0 Å². The van der Waals surface area contributed by atoms with Crippen LogP contribution in [0.4, 0.5) is 23.2 Å². The van der Waals surface area contributed by atoms with Crippen LogP contribution in [-0.2, 0) is 6.18 Å². The lowest BCUT2D eigenvalue weighted by Crippen LogP contribution is -2.17. The van der Waals surface area contributed by atoms with E-state index in [1.807, 2.05) is 0 Å². The van der Waals surface area contributed by atoms with Gasteiger partial charge in [0.2, 0.25) is 0 Å². The Balaban J connectivity index is 2.26. The summed E-state index contributed by atoms with van der Waals surface area (Å²) in [6.07, 6.45) is -4.58. The van der Waals surface area contributed by atoms with Crippen molar-refractivity contribution in [3.63, 3.8) is 0 Å². The second-order valence-corrected chi connectivity index (χ2v) is 4.76. The minimum Gasteiger partial charge on any atom is -0.319 e. The number of rotatable bonds is 2. The average Bonchev–Trinajstić information content (AvgIpc) is 2.40. The monoisotopic (exact) mass is 312 g/mol. The Hall–Kier alpha value is -2.44. The van der Waals surface area contributed by atoms with E-state index in [0.717, 1.165) is 6.07 Å². The number of halogens is 4. The Morgan fingerprint density at radius 3 is 2.36 bits per heavy atom. The first-order valence-electron chi connectivity index (χ1n) is 6.31. The normalized spacial score (nSPS) is 11.4. The van der Waals surface area contributed by atoms with E-state index in [0.29, 0.717) is 11.6 Å². The Bertz CT molecular complexity index is 726. The highest BCUT2D eigenvalue weighted by molar-refractivity contribution is 6.05. The number of aromatic nitrogens is 1. The number of pyridine rings is 1. The van der Waals surface area contributed by atoms with Gasteiger partial charge in [-0.2, -0.15) is 13.2 Å². The number of hydrogen-bond donors (Lipinski definition) is 1. The molecule has 2 rings (SSSR count). The Kier molecular flexibility index (Phi) is 4.16. The molecule has 1 amide bonds. The maximum absolute atomic E-state index is 13.7. The first kappa shape index (κ1) is 15.9. The predicted molar refractivity (Wildman–Crippen MR) is 73.1 cm³/mol. The zero-order valence-corrected chi connectivity index (χ0v) is 11.8. The molecule has 0 aliphatic heterocycles. The van der Waals surface area contributed by atoms with Gasteiger partial charge in [-0.1, -0.05) is 6.07 Å². The van der Waals surface area contributed by atoms with Crippen LogP contribution in [0.25, 0.3) is 0 Å². The fraction of sp³-hybridized carbons (Fsp3) is 0.200. The van der Waals surface area contributed by atoms with Crippen LogP contribution in [0, 0.1) is 19.7 Å². The van der Waals surface area contributed by atoms with Gasteiger partial charge in [-0.3, -0.25) is 4.79 Å². The summed E-state index contributed by atoms with van der Waals surface area (Å²) < 4.78 is 51.2. The predicted octanol–water partition coefficient (Wildman–Crippen LogP) is 4.11. The minimum atomic E-state index is -4.58. The van der Waals surface area contributed by atoms with Crippen molar-refractivity contribution < 1.29 is 22.4 Å². The van der Waals surface area contributed by atoms with E-state index in [-0.39, 0.29) is 16.9 Å². The van der Waals surface area contributed by atoms with E-state index in [4.69, 9.17) is 0 Å². The van der Waals surface area contributed by atoms with Gasteiger partial charge in [0.25, 0.3) is 5.91 Å². The number of benzene rings is 1. The highest BCUT2D eigenvalue weighted by Crippen LogP contribution is 2.28. The standard InChI is InChI=1S/C15H12F4N2O/c1-8-3-5-12(11(16)7-8)21-14(22)10-4-6-13(15(17,18)19)20-9(10)2/h3-7H,1-2H3,(H,21,22). The lowest BCUT2D eigenvalue weighted by Gasteiger charge is -2.11. The van der Waals surface area contributed by atoms with Crippen molar-refractivity contribution in [3.8, 4) is 0 Å². The Labute approximate surface area is 124 Å². The lowest BCUT2D eigenvalue weighted by molar-refractivity contribution is -0.141. The van der Waals surface area contributed by atoms with Gasteiger partial charge in [0, 0.05) is 0 Å². The molecule has 0 saturated carbocycles. The summed E-state index contributed by atoms with van der Waals surface area (Å²) in [4.78, 5) is 15.4. The third kappa shape index (κ3) is 3.41. The van der Waals surface area contributed by atoms with Gasteiger partial charge in [-0.25, -0.2) is 9.37 Å². The van der Waals surface area contributed by atoms with Crippen molar-refractivity contribution >= 4 is 11.6 Å². The van der Waals surface area contributed by atoms with Gasteiger partial charge >= 0.3 is 6.18 Å². The van der Waals surface area contributed by atoms with Crippen LogP contribution in [0.15, 0.2) is 30.3 Å². The van der Waals surface area contributed by atoms with Crippen LogP contribution in [0.3, 0.4) is 0 Å². The number of alkyl halides is 3. The number of nitrogens with one attached hydrogen (secondary N) is 1. The van der Waals surface area contributed by atoms with Crippen LogP contribution in [0.2, 0.25) is 0 Å². The van der Waals surface area contributed by atoms with Crippen LogP contribution < -0.4 is 5.32 Å². The third-order valence-corrected chi connectivity index (χ3v) is 2.99. The molecule has 0 atom stereocenters. The van der Waals surface area contributed by atoms with Gasteiger partial charge < -0.3 is 5.32 Å². The van der Waals surface area contributed by atoms with E-state index in [9.17, 15) is 22.4 Å². The maximum Gasteiger partial charge on any atom is 0.433 e. The van der Waals surface area contributed by atoms with E-state index in [1.54, 1.807) is 13.0 Å². The molecule has 1 heterocycles. The topological polar surface area (TPSA) is 42.0 Å². The lowest BCUT2D eigenvalue weighted by atomic mass is 10.1. The minimum absolute atomic E-state index is 0.0464. The summed E-state index contributed by atoms with van der Waals surface area (Å²) in [5.74, 6) is -1.34. The zero-order chi connectivity index (χ0) is 16.5. The molecule has 0 saturated heterocycles.